The quantitative estimate of drug-likeness (QED) is 0.794. The predicted molar refractivity (Wildman–Crippen MR) is 83.8 cm³/mol. The van der Waals surface area contributed by atoms with Gasteiger partial charge in [-0.2, -0.15) is 0 Å². The molecule has 2 N–H and O–H groups in total. The zero-order valence-corrected chi connectivity index (χ0v) is 13.0. The zero-order chi connectivity index (χ0) is 15.4. The molecule has 1 amide bonds. The number of carbonyl (C=O) groups is 2. The van der Waals surface area contributed by atoms with Crippen LogP contribution in [0.3, 0.4) is 0 Å². The number of aliphatic carboxylic acids is 1. The fourth-order valence-electron chi connectivity index (χ4n) is 2.68. The molecule has 2 rings (SSSR count). The average Bonchev–Trinajstić information content (AvgIpc) is 2.89. The molecule has 21 heavy (non-hydrogen) atoms. The second-order valence-corrected chi connectivity index (χ2v) is 6.60. The van der Waals surface area contributed by atoms with Gasteiger partial charge >= 0.3 is 5.97 Å². The van der Waals surface area contributed by atoms with Gasteiger partial charge in [-0.3, -0.25) is 4.79 Å². The average molecular weight is 307 g/mol. The van der Waals surface area contributed by atoms with E-state index in [1.807, 2.05) is 6.07 Å². The van der Waals surface area contributed by atoms with Gasteiger partial charge in [-0.1, -0.05) is 19.4 Å². The molecule has 0 aliphatic heterocycles. The molecule has 0 saturated heterocycles. The van der Waals surface area contributed by atoms with Gasteiger partial charge in [-0.05, 0) is 43.2 Å². The van der Waals surface area contributed by atoms with Gasteiger partial charge in [0.25, 0.3) is 5.91 Å². The van der Waals surface area contributed by atoms with Crippen molar-refractivity contribution in [1.29, 1.82) is 0 Å². The third kappa shape index (κ3) is 3.73. The van der Waals surface area contributed by atoms with Crippen LogP contribution in [0.4, 0.5) is 0 Å². The van der Waals surface area contributed by atoms with Crippen LogP contribution in [0.25, 0.3) is 0 Å². The van der Waals surface area contributed by atoms with E-state index < -0.39 is 12.0 Å². The van der Waals surface area contributed by atoms with Gasteiger partial charge in [-0.25, -0.2) is 4.79 Å². The Kier molecular flexibility index (Phi) is 5.17. The highest BCUT2D eigenvalue weighted by Gasteiger charge is 2.24. The first-order valence-electron chi connectivity index (χ1n) is 7.31. The standard InChI is InChI=1S/C16H21NO3S/c1-3-5-12(16(19)20)17-15(18)14-9-11-8-10(4-2)6-7-13(11)21-14/h3,9-10,12H,1,4-8H2,2H3,(H,17,18)(H,19,20). The van der Waals surface area contributed by atoms with Gasteiger partial charge < -0.3 is 10.4 Å². The number of carbonyl (C=O) groups excluding carboxylic acids is 1. The van der Waals surface area contributed by atoms with Crippen LogP contribution in [-0.4, -0.2) is 23.0 Å². The van der Waals surface area contributed by atoms with E-state index in [-0.39, 0.29) is 12.3 Å². The summed E-state index contributed by atoms with van der Waals surface area (Å²) in [6, 6.07) is 1.03. The first-order chi connectivity index (χ1) is 10.0. The van der Waals surface area contributed by atoms with Gasteiger partial charge in [0.1, 0.15) is 6.04 Å². The Morgan fingerprint density at radius 1 is 1.62 bits per heavy atom. The van der Waals surface area contributed by atoms with E-state index in [4.69, 9.17) is 5.11 Å². The summed E-state index contributed by atoms with van der Waals surface area (Å²) in [5.74, 6) is -0.622. The summed E-state index contributed by atoms with van der Waals surface area (Å²) in [6.45, 7) is 5.72. The highest BCUT2D eigenvalue weighted by atomic mass is 32.1. The highest BCUT2D eigenvalue weighted by molar-refractivity contribution is 7.14. The van der Waals surface area contributed by atoms with E-state index in [2.05, 4.69) is 18.8 Å². The number of aryl methyl sites for hydroxylation is 1. The Balaban J connectivity index is 2.08. The minimum Gasteiger partial charge on any atom is -0.480 e. The van der Waals surface area contributed by atoms with E-state index >= 15 is 0 Å². The number of carboxylic acids is 1. The van der Waals surface area contributed by atoms with Crippen molar-refractivity contribution < 1.29 is 14.7 Å². The lowest BCUT2D eigenvalue weighted by molar-refractivity contribution is -0.139. The Morgan fingerprint density at radius 3 is 3.00 bits per heavy atom. The SMILES string of the molecule is C=CCC(NC(=O)c1cc2c(s1)CCC(CC)C2)C(=O)O. The predicted octanol–water partition coefficient (Wildman–Crippen LogP) is 3.02. The van der Waals surface area contributed by atoms with Crippen molar-refractivity contribution in [1.82, 2.24) is 5.32 Å². The molecule has 1 aliphatic carbocycles. The third-order valence-electron chi connectivity index (χ3n) is 3.99. The topological polar surface area (TPSA) is 66.4 Å². The molecule has 0 aromatic carbocycles. The molecule has 0 saturated carbocycles. The molecule has 2 atom stereocenters. The van der Waals surface area contributed by atoms with Gasteiger partial charge in [0.05, 0.1) is 4.88 Å². The van der Waals surface area contributed by atoms with Crippen LogP contribution in [0.1, 0.15) is 46.3 Å². The van der Waals surface area contributed by atoms with Crippen LogP contribution in [0.15, 0.2) is 18.7 Å². The second kappa shape index (κ2) is 6.89. The maximum absolute atomic E-state index is 12.2. The number of thiophene rings is 1. The molecule has 1 aromatic heterocycles. The third-order valence-corrected chi connectivity index (χ3v) is 5.23. The number of amides is 1. The van der Waals surface area contributed by atoms with Crippen molar-refractivity contribution in [3.05, 3.63) is 34.0 Å². The molecule has 0 bridgehead atoms. The number of nitrogens with one attached hydrogen (secondary N) is 1. The smallest absolute Gasteiger partial charge is 0.326 e. The van der Waals surface area contributed by atoms with E-state index in [1.54, 1.807) is 0 Å². The van der Waals surface area contributed by atoms with Gasteiger partial charge in [0.2, 0.25) is 0 Å². The van der Waals surface area contributed by atoms with E-state index in [1.165, 1.54) is 34.3 Å². The van der Waals surface area contributed by atoms with Crippen molar-refractivity contribution in [2.45, 2.75) is 45.1 Å². The fraction of sp³-hybridized carbons (Fsp3) is 0.500. The number of rotatable bonds is 6. The number of carboxylic acid groups (broad SMARTS) is 1. The van der Waals surface area contributed by atoms with Crippen LogP contribution in [-0.2, 0) is 17.6 Å². The monoisotopic (exact) mass is 307 g/mol. The zero-order valence-electron chi connectivity index (χ0n) is 12.2. The van der Waals surface area contributed by atoms with Crippen molar-refractivity contribution in [3.8, 4) is 0 Å². The Morgan fingerprint density at radius 2 is 2.38 bits per heavy atom. The molecule has 1 aliphatic rings. The molecule has 1 aromatic rings. The largest absolute Gasteiger partial charge is 0.480 e. The maximum Gasteiger partial charge on any atom is 0.326 e. The Hall–Kier alpha value is -1.62. The molecule has 4 nitrogen and oxygen atoms in total. The summed E-state index contributed by atoms with van der Waals surface area (Å²) < 4.78 is 0. The first kappa shape index (κ1) is 15.8. The van der Waals surface area contributed by atoms with Crippen molar-refractivity contribution in [2.75, 3.05) is 0 Å². The molecule has 0 fully saturated rings. The lowest BCUT2D eigenvalue weighted by Crippen LogP contribution is -2.40. The minimum atomic E-state index is -1.03. The number of hydrogen-bond donors (Lipinski definition) is 2. The maximum atomic E-state index is 12.2. The molecule has 1 heterocycles. The van der Waals surface area contributed by atoms with E-state index in [0.717, 1.165) is 19.3 Å². The molecule has 0 spiro atoms. The lowest BCUT2D eigenvalue weighted by atomic mass is 9.87. The van der Waals surface area contributed by atoms with E-state index in [0.29, 0.717) is 10.8 Å². The van der Waals surface area contributed by atoms with Crippen molar-refractivity contribution in [2.24, 2.45) is 5.92 Å². The minimum absolute atomic E-state index is 0.226. The van der Waals surface area contributed by atoms with Crippen LogP contribution in [0.2, 0.25) is 0 Å². The number of fused-ring (bicyclic) bond motifs is 1. The number of hydrogen-bond acceptors (Lipinski definition) is 3. The van der Waals surface area contributed by atoms with Crippen LogP contribution in [0, 0.1) is 5.92 Å². The molecule has 114 valence electrons. The fourth-order valence-corrected chi connectivity index (χ4v) is 3.79. The van der Waals surface area contributed by atoms with Crippen LogP contribution >= 0.6 is 11.3 Å². The molecule has 5 heteroatoms. The van der Waals surface area contributed by atoms with Crippen molar-refractivity contribution in [3.63, 3.8) is 0 Å². The van der Waals surface area contributed by atoms with Crippen LogP contribution < -0.4 is 5.32 Å². The van der Waals surface area contributed by atoms with Gasteiger partial charge in [0.15, 0.2) is 0 Å². The van der Waals surface area contributed by atoms with E-state index in [9.17, 15) is 9.59 Å². The Labute approximate surface area is 128 Å². The first-order valence-corrected chi connectivity index (χ1v) is 8.13. The van der Waals surface area contributed by atoms with Gasteiger partial charge in [-0.15, -0.1) is 17.9 Å². The summed E-state index contributed by atoms with van der Waals surface area (Å²) >= 11 is 1.50. The molecular formula is C16H21NO3S. The molecule has 2 unspecified atom stereocenters. The lowest BCUT2D eigenvalue weighted by Gasteiger charge is -2.19. The Bertz CT molecular complexity index is 550. The normalized spacial score (nSPS) is 18.6. The summed E-state index contributed by atoms with van der Waals surface area (Å²) in [6.07, 6.45) is 6.14. The van der Waals surface area contributed by atoms with Crippen molar-refractivity contribution >= 4 is 23.2 Å². The highest BCUT2D eigenvalue weighted by Crippen LogP contribution is 2.33. The molecular weight excluding hydrogens is 286 g/mol. The summed E-state index contributed by atoms with van der Waals surface area (Å²) in [5, 5.41) is 11.6. The van der Waals surface area contributed by atoms with Crippen LogP contribution in [0.5, 0.6) is 0 Å². The summed E-state index contributed by atoms with van der Waals surface area (Å²) in [7, 11) is 0. The molecule has 0 radical (unpaired) electrons. The van der Waals surface area contributed by atoms with Gasteiger partial charge in [0, 0.05) is 4.88 Å². The summed E-state index contributed by atoms with van der Waals surface area (Å²) in [5.41, 5.74) is 1.26. The summed E-state index contributed by atoms with van der Waals surface area (Å²) in [4.78, 5) is 25.2. The second-order valence-electron chi connectivity index (χ2n) is 5.46.